The number of hydrogen-bond donors (Lipinski definition) is 1. The molecular weight excluding hydrogens is 266 g/mol. The van der Waals surface area contributed by atoms with E-state index in [0.29, 0.717) is 29.0 Å². The highest BCUT2D eigenvalue weighted by Crippen LogP contribution is 2.29. The molecule has 0 bridgehead atoms. The molecule has 19 heavy (non-hydrogen) atoms. The standard InChI is InChI=1S/C13H16ClN3O2/c1-3-15-7-10-5-4-6-11(14)13(10)18-8-12-16-9(2)17-19-12/h4-6,15H,3,7-8H2,1-2H3. The van der Waals surface area contributed by atoms with Crippen LogP contribution >= 0.6 is 11.6 Å². The summed E-state index contributed by atoms with van der Waals surface area (Å²) in [6.07, 6.45) is 0. The third-order valence-electron chi connectivity index (χ3n) is 2.52. The van der Waals surface area contributed by atoms with E-state index >= 15 is 0 Å². The number of nitrogens with one attached hydrogen (secondary N) is 1. The van der Waals surface area contributed by atoms with Crippen LogP contribution < -0.4 is 10.1 Å². The maximum absolute atomic E-state index is 6.16. The van der Waals surface area contributed by atoms with Crippen LogP contribution in [-0.2, 0) is 13.2 Å². The van der Waals surface area contributed by atoms with Crippen LogP contribution in [0, 0.1) is 6.92 Å². The van der Waals surface area contributed by atoms with Gasteiger partial charge in [0.1, 0.15) is 5.75 Å². The zero-order valence-corrected chi connectivity index (χ0v) is 11.7. The molecule has 0 unspecified atom stereocenters. The van der Waals surface area contributed by atoms with Gasteiger partial charge in [-0.15, -0.1) is 0 Å². The van der Waals surface area contributed by atoms with E-state index in [0.717, 1.165) is 12.1 Å². The predicted octanol–water partition coefficient (Wildman–Crippen LogP) is 2.72. The molecule has 1 N–H and O–H groups in total. The Morgan fingerprint density at radius 3 is 2.95 bits per heavy atom. The molecule has 0 saturated carbocycles. The van der Waals surface area contributed by atoms with Crippen molar-refractivity contribution in [2.45, 2.75) is 27.0 Å². The van der Waals surface area contributed by atoms with Crippen LogP contribution in [-0.4, -0.2) is 16.7 Å². The third-order valence-corrected chi connectivity index (χ3v) is 2.82. The van der Waals surface area contributed by atoms with Gasteiger partial charge in [0, 0.05) is 12.1 Å². The first-order valence-corrected chi connectivity index (χ1v) is 6.48. The Kier molecular flexibility index (Phi) is 4.76. The number of aromatic nitrogens is 2. The molecule has 0 atom stereocenters. The summed E-state index contributed by atoms with van der Waals surface area (Å²) in [5, 5.41) is 7.53. The molecule has 0 aliphatic rings. The summed E-state index contributed by atoms with van der Waals surface area (Å²) < 4.78 is 10.7. The van der Waals surface area contributed by atoms with Crippen molar-refractivity contribution in [3.8, 4) is 5.75 Å². The van der Waals surface area contributed by atoms with Crippen LogP contribution in [0.3, 0.4) is 0 Å². The summed E-state index contributed by atoms with van der Waals surface area (Å²) in [6, 6.07) is 5.67. The van der Waals surface area contributed by atoms with E-state index in [1.165, 1.54) is 0 Å². The summed E-state index contributed by atoms with van der Waals surface area (Å²) in [6.45, 7) is 5.61. The van der Waals surface area contributed by atoms with Crippen molar-refractivity contribution in [1.82, 2.24) is 15.5 Å². The largest absolute Gasteiger partial charge is 0.482 e. The maximum atomic E-state index is 6.16. The van der Waals surface area contributed by atoms with E-state index < -0.39 is 0 Å². The summed E-state index contributed by atoms with van der Waals surface area (Å²) in [5.41, 5.74) is 1.01. The van der Waals surface area contributed by atoms with Gasteiger partial charge in [0.25, 0.3) is 5.89 Å². The Morgan fingerprint density at radius 2 is 2.26 bits per heavy atom. The van der Waals surface area contributed by atoms with Gasteiger partial charge in [0.05, 0.1) is 5.02 Å². The number of aryl methyl sites for hydroxylation is 1. The maximum Gasteiger partial charge on any atom is 0.264 e. The van der Waals surface area contributed by atoms with Crippen molar-refractivity contribution in [1.29, 1.82) is 0 Å². The second-order valence-electron chi connectivity index (χ2n) is 4.03. The Bertz CT molecular complexity index is 542. The van der Waals surface area contributed by atoms with Crippen molar-refractivity contribution in [3.05, 3.63) is 40.5 Å². The van der Waals surface area contributed by atoms with E-state index in [9.17, 15) is 0 Å². The molecule has 0 spiro atoms. The van der Waals surface area contributed by atoms with Crippen LogP contribution in [0.2, 0.25) is 5.02 Å². The molecule has 0 aliphatic heterocycles. The molecule has 1 heterocycles. The quantitative estimate of drug-likeness (QED) is 0.882. The lowest BCUT2D eigenvalue weighted by Crippen LogP contribution is -2.13. The highest BCUT2D eigenvalue weighted by molar-refractivity contribution is 6.32. The van der Waals surface area contributed by atoms with Gasteiger partial charge < -0.3 is 14.6 Å². The predicted molar refractivity (Wildman–Crippen MR) is 72.2 cm³/mol. The first-order chi connectivity index (χ1) is 9.20. The Labute approximate surface area is 116 Å². The normalized spacial score (nSPS) is 10.7. The molecule has 6 heteroatoms. The first-order valence-electron chi connectivity index (χ1n) is 6.10. The van der Waals surface area contributed by atoms with Gasteiger partial charge >= 0.3 is 0 Å². The van der Waals surface area contributed by atoms with Crippen LogP contribution in [0.1, 0.15) is 24.2 Å². The van der Waals surface area contributed by atoms with Gasteiger partial charge in [-0.2, -0.15) is 4.98 Å². The number of halogens is 1. The molecule has 2 aromatic rings. The van der Waals surface area contributed by atoms with Crippen LogP contribution in [0.4, 0.5) is 0 Å². The van der Waals surface area contributed by atoms with Gasteiger partial charge in [-0.3, -0.25) is 0 Å². The first kappa shape index (κ1) is 13.8. The monoisotopic (exact) mass is 281 g/mol. The fraction of sp³-hybridized carbons (Fsp3) is 0.385. The fourth-order valence-corrected chi connectivity index (χ4v) is 1.90. The number of rotatable bonds is 6. The minimum Gasteiger partial charge on any atom is -0.482 e. The average molecular weight is 282 g/mol. The van der Waals surface area contributed by atoms with E-state index in [1.807, 2.05) is 19.1 Å². The molecule has 5 nitrogen and oxygen atoms in total. The summed E-state index contributed by atoms with van der Waals surface area (Å²) >= 11 is 6.16. The summed E-state index contributed by atoms with van der Waals surface area (Å²) in [4.78, 5) is 4.09. The van der Waals surface area contributed by atoms with E-state index in [-0.39, 0.29) is 6.61 Å². The molecule has 1 aromatic carbocycles. The second-order valence-corrected chi connectivity index (χ2v) is 4.44. The topological polar surface area (TPSA) is 60.2 Å². The molecule has 0 amide bonds. The third kappa shape index (κ3) is 3.68. The highest BCUT2D eigenvalue weighted by Gasteiger charge is 2.10. The van der Waals surface area contributed by atoms with Gasteiger partial charge in [-0.25, -0.2) is 0 Å². The Hall–Kier alpha value is -1.59. The minimum atomic E-state index is 0.212. The lowest BCUT2D eigenvalue weighted by atomic mass is 10.2. The van der Waals surface area contributed by atoms with E-state index in [4.69, 9.17) is 20.9 Å². The van der Waals surface area contributed by atoms with Crippen molar-refractivity contribution in [3.63, 3.8) is 0 Å². The van der Waals surface area contributed by atoms with E-state index in [1.54, 1.807) is 13.0 Å². The Balaban J connectivity index is 2.09. The average Bonchev–Trinajstić information content (AvgIpc) is 2.81. The highest BCUT2D eigenvalue weighted by atomic mass is 35.5. The molecule has 0 radical (unpaired) electrons. The second kappa shape index (κ2) is 6.54. The number of ether oxygens (including phenoxy) is 1. The smallest absolute Gasteiger partial charge is 0.264 e. The number of nitrogens with zero attached hydrogens (tertiary/aromatic N) is 2. The summed E-state index contributed by atoms with van der Waals surface area (Å²) in [7, 11) is 0. The van der Waals surface area contributed by atoms with Crippen molar-refractivity contribution < 1.29 is 9.26 Å². The molecular formula is C13H16ClN3O2. The number of hydrogen-bond acceptors (Lipinski definition) is 5. The lowest BCUT2D eigenvalue weighted by molar-refractivity contribution is 0.240. The van der Waals surface area contributed by atoms with Crippen molar-refractivity contribution >= 4 is 11.6 Å². The molecule has 2 rings (SSSR count). The SMILES string of the molecule is CCNCc1cccc(Cl)c1OCc1nc(C)no1. The summed E-state index contributed by atoms with van der Waals surface area (Å²) in [5.74, 6) is 1.68. The Morgan fingerprint density at radius 1 is 1.42 bits per heavy atom. The van der Waals surface area contributed by atoms with Gasteiger partial charge in [-0.05, 0) is 19.5 Å². The lowest BCUT2D eigenvalue weighted by Gasteiger charge is -2.12. The molecule has 0 aliphatic carbocycles. The van der Waals surface area contributed by atoms with Gasteiger partial charge in [0.2, 0.25) is 0 Å². The molecule has 102 valence electrons. The molecule has 0 fully saturated rings. The van der Waals surface area contributed by atoms with Gasteiger partial charge in [-0.1, -0.05) is 35.8 Å². The zero-order chi connectivity index (χ0) is 13.7. The van der Waals surface area contributed by atoms with Crippen LogP contribution in [0.25, 0.3) is 0 Å². The van der Waals surface area contributed by atoms with E-state index in [2.05, 4.69) is 15.5 Å². The molecule has 1 aromatic heterocycles. The number of benzene rings is 1. The van der Waals surface area contributed by atoms with Crippen molar-refractivity contribution in [2.75, 3.05) is 6.54 Å². The number of para-hydroxylation sites is 1. The van der Waals surface area contributed by atoms with Crippen LogP contribution in [0.15, 0.2) is 22.7 Å². The molecule has 0 saturated heterocycles. The fourth-order valence-electron chi connectivity index (χ4n) is 1.65. The van der Waals surface area contributed by atoms with Crippen LogP contribution in [0.5, 0.6) is 5.75 Å². The van der Waals surface area contributed by atoms with Crippen molar-refractivity contribution in [2.24, 2.45) is 0 Å². The zero-order valence-electron chi connectivity index (χ0n) is 10.9. The van der Waals surface area contributed by atoms with Gasteiger partial charge in [0.15, 0.2) is 12.4 Å². The minimum absolute atomic E-state index is 0.212.